The fourth-order valence-electron chi connectivity index (χ4n) is 3.18. The topological polar surface area (TPSA) is 76.4 Å². The van der Waals surface area contributed by atoms with Gasteiger partial charge in [-0.05, 0) is 38.5 Å². The Morgan fingerprint density at radius 1 is 1.46 bits per heavy atom. The van der Waals surface area contributed by atoms with Crippen LogP contribution in [0.3, 0.4) is 0 Å². The summed E-state index contributed by atoms with van der Waals surface area (Å²) in [7, 11) is 1.36. The van der Waals surface area contributed by atoms with Crippen molar-refractivity contribution >= 4 is 11.7 Å². The predicted molar refractivity (Wildman–Crippen MR) is 87.1 cm³/mol. The Bertz CT molecular complexity index is 814. The minimum atomic E-state index is -0.772. The average Bonchev–Trinajstić information content (AvgIpc) is 2.86. The highest BCUT2D eigenvalue weighted by atomic mass is 19.1. The zero-order valence-electron chi connectivity index (χ0n) is 14.1. The molecular formula is C17H20FN3O3. The summed E-state index contributed by atoms with van der Waals surface area (Å²) >= 11 is 0. The number of halogens is 1. The van der Waals surface area contributed by atoms with Gasteiger partial charge in [0.2, 0.25) is 5.91 Å². The Morgan fingerprint density at radius 3 is 2.79 bits per heavy atom. The van der Waals surface area contributed by atoms with Crippen molar-refractivity contribution in [1.82, 2.24) is 9.78 Å². The number of rotatable bonds is 3. The molecule has 0 unspecified atom stereocenters. The standard InChI is InChI=1S/C17H20FN3O3/c1-8(2)21-17-15(9(3)20-21)11(7-14(22)19-17)10-5-12(18)16(23)13(6-10)24-4/h5-6,8,11,23H,7H2,1-4H3,(H,19,22)/t11-/m1/s1. The summed E-state index contributed by atoms with van der Waals surface area (Å²) in [6.07, 6.45) is 0.186. The number of carbonyl (C=O) groups excluding carboxylic acids is 1. The normalized spacial score (nSPS) is 16.9. The van der Waals surface area contributed by atoms with Crippen LogP contribution in [0.4, 0.5) is 10.2 Å². The van der Waals surface area contributed by atoms with Gasteiger partial charge in [-0.2, -0.15) is 5.10 Å². The molecule has 0 radical (unpaired) electrons. The molecule has 0 aliphatic carbocycles. The number of nitrogens with one attached hydrogen (secondary N) is 1. The van der Waals surface area contributed by atoms with E-state index in [1.807, 2.05) is 20.8 Å². The molecule has 1 aliphatic rings. The average molecular weight is 333 g/mol. The minimum Gasteiger partial charge on any atom is -0.502 e. The quantitative estimate of drug-likeness (QED) is 0.905. The first-order valence-electron chi connectivity index (χ1n) is 7.78. The van der Waals surface area contributed by atoms with Crippen LogP contribution < -0.4 is 10.1 Å². The van der Waals surface area contributed by atoms with Crippen LogP contribution in [0.25, 0.3) is 0 Å². The number of phenols is 1. The van der Waals surface area contributed by atoms with Crippen molar-refractivity contribution in [2.24, 2.45) is 0 Å². The summed E-state index contributed by atoms with van der Waals surface area (Å²) in [5.41, 5.74) is 2.23. The first-order chi connectivity index (χ1) is 11.3. The lowest BCUT2D eigenvalue weighted by atomic mass is 9.85. The number of aromatic nitrogens is 2. The first-order valence-corrected chi connectivity index (χ1v) is 7.78. The van der Waals surface area contributed by atoms with Gasteiger partial charge in [-0.25, -0.2) is 9.07 Å². The van der Waals surface area contributed by atoms with Crippen LogP contribution in [-0.2, 0) is 4.79 Å². The van der Waals surface area contributed by atoms with Crippen molar-refractivity contribution in [1.29, 1.82) is 0 Å². The molecule has 0 bridgehead atoms. The number of fused-ring (bicyclic) bond motifs is 1. The molecule has 6 nitrogen and oxygen atoms in total. The highest BCUT2D eigenvalue weighted by molar-refractivity contribution is 5.94. The van der Waals surface area contributed by atoms with Crippen LogP contribution >= 0.6 is 0 Å². The van der Waals surface area contributed by atoms with E-state index in [2.05, 4.69) is 10.4 Å². The van der Waals surface area contributed by atoms with Crippen molar-refractivity contribution in [2.45, 2.75) is 39.2 Å². The molecule has 1 aliphatic heterocycles. The number of benzene rings is 1. The number of anilines is 1. The molecule has 2 N–H and O–H groups in total. The third-order valence-corrected chi connectivity index (χ3v) is 4.29. The SMILES string of the molecule is COc1cc([C@H]2CC(=O)Nc3c2c(C)nn3C(C)C)cc(F)c1O. The number of ether oxygens (including phenoxy) is 1. The fraction of sp³-hybridized carbons (Fsp3) is 0.412. The predicted octanol–water partition coefficient (Wildman–Crippen LogP) is 3.10. The number of methoxy groups -OCH3 is 1. The molecule has 7 heteroatoms. The van der Waals surface area contributed by atoms with E-state index >= 15 is 0 Å². The molecule has 1 aromatic carbocycles. The van der Waals surface area contributed by atoms with Gasteiger partial charge >= 0.3 is 0 Å². The maximum Gasteiger partial charge on any atom is 0.226 e. The summed E-state index contributed by atoms with van der Waals surface area (Å²) in [6, 6.07) is 2.90. The third kappa shape index (κ3) is 2.50. The highest BCUT2D eigenvalue weighted by Crippen LogP contribution is 2.42. The van der Waals surface area contributed by atoms with E-state index < -0.39 is 11.6 Å². The Balaban J connectivity index is 2.18. The van der Waals surface area contributed by atoms with Gasteiger partial charge < -0.3 is 15.2 Å². The van der Waals surface area contributed by atoms with Gasteiger partial charge in [0.1, 0.15) is 5.82 Å². The number of hydrogen-bond donors (Lipinski definition) is 2. The van der Waals surface area contributed by atoms with Gasteiger partial charge in [0.25, 0.3) is 0 Å². The van der Waals surface area contributed by atoms with E-state index in [0.29, 0.717) is 11.4 Å². The van der Waals surface area contributed by atoms with E-state index in [0.717, 1.165) is 11.3 Å². The van der Waals surface area contributed by atoms with Crippen molar-refractivity contribution in [2.75, 3.05) is 12.4 Å². The summed E-state index contributed by atoms with van der Waals surface area (Å²) in [4.78, 5) is 12.2. The van der Waals surface area contributed by atoms with Crippen LogP contribution in [0.5, 0.6) is 11.5 Å². The van der Waals surface area contributed by atoms with Gasteiger partial charge in [-0.3, -0.25) is 4.79 Å². The maximum atomic E-state index is 14.0. The molecule has 0 fully saturated rings. The molecule has 3 rings (SSSR count). The monoisotopic (exact) mass is 333 g/mol. The Kier molecular flexibility index (Phi) is 3.95. The third-order valence-electron chi connectivity index (χ3n) is 4.29. The smallest absolute Gasteiger partial charge is 0.226 e. The molecule has 0 saturated heterocycles. The summed E-state index contributed by atoms with van der Waals surface area (Å²) < 4.78 is 20.8. The molecule has 2 aromatic rings. The number of aromatic hydroxyl groups is 1. The number of phenolic OH excluding ortho intramolecular Hbond substituents is 1. The highest BCUT2D eigenvalue weighted by Gasteiger charge is 2.33. The van der Waals surface area contributed by atoms with Crippen LogP contribution in [-0.4, -0.2) is 27.9 Å². The largest absolute Gasteiger partial charge is 0.502 e. The van der Waals surface area contributed by atoms with Crippen LogP contribution in [0.1, 0.15) is 49.0 Å². The minimum absolute atomic E-state index is 0.0476. The summed E-state index contributed by atoms with van der Waals surface area (Å²) in [6.45, 7) is 5.83. The van der Waals surface area contributed by atoms with Gasteiger partial charge in [-0.15, -0.1) is 0 Å². The molecule has 1 amide bonds. The lowest BCUT2D eigenvalue weighted by Gasteiger charge is -2.25. The number of hydrogen-bond acceptors (Lipinski definition) is 4. The first kappa shape index (κ1) is 16.3. The van der Waals surface area contributed by atoms with Gasteiger partial charge in [0.15, 0.2) is 17.3 Å². The van der Waals surface area contributed by atoms with E-state index in [4.69, 9.17) is 4.74 Å². The Labute approximate surface area is 139 Å². The van der Waals surface area contributed by atoms with E-state index in [-0.39, 0.29) is 30.0 Å². The molecule has 0 saturated carbocycles. The number of amides is 1. The fourth-order valence-corrected chi connectivity index (χ4v) is 3.18. The van der Waals surface area contributed by atoms with Gasteiger partial charge in [0.05, 0.1) is 12.8 Å². The lowest BCUT2D eigenvalue weighted by Crippen LogP contribution is -2.25. The van der Waals surface area contributed by atoms with E-state index in [1.165, 1.54) is 13.2 Å². The molecule has 0 spiro atoms. The van der Waals surface area contributed by atoms with E-state index in [1.54, 1.807) is 10.7 Å². The number of nitrogens with zero attached hydrogens (tertiary/aromatic N) is 2. The van der Waals surface area contributed by atoms with Crippen molar-refractivity contribution in [3.05, 3.63) is 34.8 Å². The second-order valence-electron chi connectivity index (χ2n) is 6.24. The van der Waals surface area contributed by atoms with Gasteiger partial charge in [0, 0.05) is 23.9 Å². The lowest BCUT2D eigenvalue weighted by molar-refractivity contribution is -0.116. The molecule has 24 heavy (non-hydrogen) atoms. The van der Waals surface area contributed by atoms with Gasteiger partial charge in [-0.1, -0.05) is 0 Å². The Hall–Kier alpha value is -2.57. The van der Waals surface area contributed by atoms with E-state index in [9.17, 15) is 14.3 Å². The number of carbonyl (C=O) groups is 1. The second kappa shape index (κ2) is 5.81. The zero-order chi connectivity index (χ0) is 17.6. The van der Waals surface area contributed by atoms with Crippen LogP contribution in [0.15, 0.2) is 12.1 Å². The molecule has 1 aromatic heterocycles. The molecule has 2 heterocycles. The van der Waals surface area contributed by atoms with Crippen molar-refractivity contribution < 1.29 is 19.0 Å². The molecular weight excluding hydrogens is 313 g/mol. The van der Waals surface area contributed by atoms with Crippen molar-refractivity contribution in [3.63, 3.8) is 0 Å². The molecule has 1 atom stereocenters. The summed E-state index contributed by atoms with van der Waals surface area (Å²) in [5.74, 6) is -1.10. The second-order valence-corrected chi connectivity index (χ2v) is 6.24. The molecule has 128 valence electrons. The van der Waals surface area contributed by atoms with Crippen LogP contribution in [0.2, 0.25) is 0 Å². The zero-order valence-corrected chi connectivity index (χ0v) is 14.1. The Morgan fingerprint density at radius 2 is 2.17 bits per heavy atom. The summed E-state index contributed by atoms with van der Waals surface area (Å²) in [5, 5.41) is 17.1. The van der Waals surface area contributed by atoms with Crippen LogP contribution in [0, 0.1) is 12.7 Å². The number of aryl methyl sites for hydroxylation is 1. The maximum absolute atomic E-state index is 14.0. The van der Waals surface area contributed by atoms with Crippen molar-refractivity contribution in [3.8, 4) is 11.5 Å².